The van der Waals surface area contributed by atoms with Gasteiger partial charge in [0.15, 0.2) is 0 Å². The van der Waals surface area contributed by atoms with E-state index in [0.717, 1.165) is 76.7 Å². The molecule has 2 amide bonds. The summed E-state index contributed by atoms with van der Waals surface area (Å²) in [5.74, 6) is 0.541. The Balaban J connectivity index is 1.41. The Bertz CT molecular complexity index is 644. The Morgan fingerprint density at radius 3 is 2.72 bits per heavy atom. The van der Waals surface area contributed by atoms with E-state index < -0.39 is 0 Å². The molecule has 0 spiro atoms. The first-order valence-corrected chi connectivity index (χ1v) is 11.4. The standard InChI is InChI=1S/C23H36N4O2/c1-2-3-4-9-22(28)26-14-10-21(11-15-26)27-13-6-8-20(18-27)23(29)25-17-19-7-5-12-24-16-19/h5,7,12,16,20-21H,2-4,6,8-11,13-15,17-18H2,1H3,(H,25,29). The molecular weight excluding hydrogens is 364 g/mol. The van der Waals surface area contributed by atoms with Crippen LogP contribution in [-0.2, 0) is 16.1 Å². The molecule has 6 nitrogen and oxygen atoms in total. The molecule has 1 aromatic rings. The van der Waals surface area contributed by atoms with Gasteiger partial charge in [0.05, 0.1) is 5.92 Å². The summed E-state index contributed by atoms with van der Waals surface area (Å²) in [5, 5.41) is 3.08. The fourth-order valence-electron chi connectivity index (χ4n) is 4.55. The van der Waals surface area contributed by atoms with Gasteiger partial charge in [-0.3, -0.25) is 19.5 Å². The van der Waals surface area contributed by atoms with Gasteiger partial charge in [-0.25, -0.2) is 0 Å². The molecule has 2 saturated heterocycles. The predicted molar refractivity (Wildman–Crippen MR) is 114 cm³/mol. The lowest BCUT2D eigenvalue weighted by Gasteiger charge is -2.42. The molecule has 0 aromatic carbocycles. The topological polar surface area (TPSA) is 65.5 Å². The van der Waals surface area contributed by atoms with E-state index in [9.17, 15) is 9.59 Å². The van der Waals surface area contributed by atoms with Crippen molar-refractivity contribution in [1.82, 2.24) is 20.1 Å². The number of amides is 2. The second kappa shape index (κ2) is 11.3. The molecule has 0 saturated carbocycles. The normalized spacial score (nSPS) is 21.1. The molecule has 0 bridgehead atoms. The van der Waals surface area contributed by atoms with E-state index in [-0.39, 0.29) is 11.8 Å². The highest BCUT2D eigenvalue weighted by molar-refractivity contribution is 5.79. The van der Waals surface area contributed by atoms with Crippen molar-refractivity contribution in [3.63, 3.8) is 0 Å². The summed E-state index contributed by atoms with van der Waals surface area (Å²) in [7, 11) is 0. The molecule has 3 heterocycles. The van der Waals surface area contributed by atoms with Crippen molar-refractivity contribution in [2.75, 3.05) is 26.2 Å². The largest absolute Gasteiger partial charge is 0.352 e. The zero-order valence-corrected chi connectivity index (χ0v) is 17.8. The van der Waals surface area contributed by atoms with Gasteiger partial charge in [-0.1, -0.05) is 25.8 Å². The second-order valence-corrected chi connectivity index (χ2v) is 8.48. The number of nitrogens with one attached hydrogen (secondary N) is 1. The molecule has 2 aliphatic rings. The average molecular weight is 401 g/mol. The maximum atomic E-state index is 12.7. The number of carbonyl (C=O) groups excluding carboxylic acids is 2. The molecule has 29 heavy (non-hydrogen) atoms. The van der Waals surface area contributed by atoms with Crippen molar-refractivity contribution in [3.8, 4) is 0 Å². The first-order chi connectivity index (χ1) is 14.2. The van der Waals surface area contributed by atoms with Gasteiger partial charge in [-0.15, -0.1) is 0 Å². The van der Waals surface area contributed by atoms with Gasteiger partial charge in [0.1, 0.15) is 0 Å². The van der Waals surface area contributed by atoms with E-state index in [0.29, 0.717) is 24.9 Å². The first-order valence-electron chi connectivity index (χ1n) is 11.4. The third-order valence-electron chi connectivity index (χ3n) is 6.34. The zero-order chi connectivity index (χ0) is 20.5. The Morgan fingerprint density at radius 1 is 1.17 bits per heavy atom. The van der Waals surface area contributed by atoms with Gasteiger partial charge in [0, 0.05) is 51.0 Å². The number of hydrogen-bond acceptors (Lipinski definition) is 4. The van der Waals surface area contributed by atoms with Crippen LogP contribution in [0, 0.1) is 5.92 Å². The zero-order valence-electron chi connectivity index (χ0n) is 17.8. The SMILES string of the molecule is CCCCCC(=O)N1CCC(N2CCCC(C(=O)NCc3cccnc3)C2)CC1. The van der Waals surface area contributed by atoms with Gasteiger partial charge >= 0.3 is 0 Å². The molecule has 160 valence electrons. The Morgan fingerprint density at radius 2 is 2.00 bits per heavy atom. The summed E-state index contributed by atoms with van der Waals surface area (Å²) in [6, 6.07) is 4.38. The lowest BCUT2D eigenvalue weighted by Crippen LogP contribution is -2.51. The summed E-state index contributed by atoms with van der Waals surface area (Å²) in [5.41, 5.74) is 1.03. The maximum absolute atomic E-state index is 12.7. The van der Waals surface area contributed by atoms with E-state index in [2.05, 4.69) is 22.1 Å². The van der Waals surface area contributed by atoms with Crippen LogP contribution in [0.15, 0.2) is 24.5 Å². The number of piperidine rings is 2. The van der Waals surface area contributed by atoms with E-state index in [1.807, 2.05) is 17.0 Å². The van der Waals surface area contributed by atoms with Gasteiger partial charge < -0.3 is 10.2 Å². The maximum Gasteiger partial charge on any atom is 0.224 e. The fourth-order valence-corrected chi connectivity index (χ4v) is 4.55. The third-order valence-corrected chi connectivity index (χ3v) is 6.34. The van der Waals surface area contributed by atoms with Gasteiger partial charge in [-0.05, 0) is 50.3 Å². The lowest BCUT2D eigenvalue weighted by atomic mass is 9.93. The van der Waals surface area contributed by atoms with Gasteiger partial charge in [0.25, 0.3) is 0 Å². The molecular formula is C23H36N4O2. The number of rotatable bonds is 8. The van der Waals surface area contributed by atoms with E-state index in [1.54, 1.807) is 12.4 Å². The number of aromatic nitrogens is 1. The van der Waals surface area contributed by atoms with Crippen LogP contribution < -0.4 is 5.32 Å². The number of hydrogen-bond donors (Lipinski definition) is 1. The van der Waals surface area contributed by atoms with Crippen LogP contribution in [0.3, 0.4) is 0 Å². The molecule has 1 N–H and O–H groups in total. The van der Waals surface area contributed by atoms with Crippen LogP contribution in [0.4, 0.5) is 0 Å². The molecule has 1 atom stereocenters. The van der Waals surface area contributed by atoms with Crippen LogP contribution in [0.5, 0.6) is 0 Å². The van der Waals surface area contributed by atoms with Crippen molar-refractivity contribution < 1.29 is 9.59 Å². The summed E-state index contributed by atoms with van der Waals surface area (Å²) in [6.45, 7) is 6.35. The van der Waals surface area contributed by atoms with Crippen LogP contribution in [-0.4, -0.2) is 58.8 Å². The first kappa shape index (κ1) is 21.8. The molecule has 1 unspecified atom stereocenters. The van der Waals surface area contributed by atoms with Crippen LogP contribution in [0.1, 0.15) is 63.9 Å². The minimum absolute atomic E-state index is 0.0640. The van der Waals surface area contributed by atoms with Crippen molar-refractivity contribution in [1.29, 1.82) is 0 Å². The highest BCUT2D eigenvalue weighted by atomic mass is 16.2. The molecule has 2 fully saturated rings. The van der Waals surface area contributed by atoms with Crippen molar-refractivity contribution >= 4 is 11.8 Å². The van der Waals surface area contributed by atoms with E-state index in [1.165, 1.54) is 0 Å². The van der Waals surface area contributed by atoms with Crippen molar-refractivity contribution in [2.24, 2.45) is 5.92 Å². The summed E-state index contributed by atoms with van der Waals surface area (Å²) >= 11 is 0. The van der Waals surface area contributed by atoms with Gasteiger partial charge in [0.2, 0.25) is 11.8 Å². The summed E-state index contributed by atoms with van der Waals surface area (Å²) in [4.78, 5) is 33.6. The summed E-state index contributed by atoms with van der Waals surface area (Å²) in [6.07, 6.45) is 11.6. The fraction of sp³-hybridized carbons (Fsp3) is 0.696. The quantitative estimate of drug-likeness (QED) is 0.682. The van der Waals surface area contributed by atoms with Crippen molar-refractivity contribution in [2.45, 2.75) is 70.9 Å². The summed E-state index contributed by atoms with van der Waals surface area (Å²) < 4.78 is 0. The molecule has 3 rings (SSSR count). The minimum atomic E-state index is 0.0640. The van der Waals surface area contributed by atoms with Gasteiger partial charge in [-0.2, -0.15) is 0 Å². The lowest BCUT2D eigenvalue weighted by molar-refractivity contribution is -0.133. The molecule has 2 aliphatic heterocycles. The van der Waals surface area contributed by atoms with Crippen molar-refractivity contribution in [3.05, 3.63) is 30.1 Å². The Hall–Kier alpha value is -1.95. The van der Waals surface area contributed by atoms with Crippen LogP contribution in [0.25, 0.3) is 0 Å². The van der Waals surface area contributed by atoms with Crippen LogP contribution >= 0.6 is 0 Å². The third kappa shape index (κ3) is 6.53. The highest BCUT2D eigenvalue weighted by Gasteiger charge is 2.32. The highest BCUT2D eigenvalue weighted by Crippen LogP contribution is 2.24. The number of pyridine rings is 1. The smallest absolute Gasteiger partial charge is 0.224 e. The number of carbonyl (C=O) groups is 2. The molecule has 1 aromatic heterocycles. The van der Waals surface area contributed by atoms with Crippen LogP contribution in [0.2, 0.25) is 0 Å². The monoisotopic (exact) mass is 400 g/mol. The number of nitrogens with zero attached hydrogens (tertiary/aromatic N) is 3. The predicted octanol–water partition coefficient (Wildman–Crippen LogP) is 2.98. The van der Waals surface area contributed by atoms with E-state index >= 15 is 0 Å². The Labute approximate surface area is 175 Å². The number of unbranched alkanes of at least 4 members (excludes halogenated alkanes) is 2. The Kier molecular flexibility index (Phi) is 8.47. The average Bonchev–Trinajstić information content (AvgIpc) is 2.78. The van der Waals surface area contributed by atoms with E-state index in [4.69, 9.17) is 0 Å². The second-order valence-electron chi connectivity index (χ2n) is 8.48. The minimum Gasteiger partial charge on any atom is -0.352 e. The molecule has 0 radical (unpaired) electrons. The molecule has 0 aliphatic carbocycles. The number of likely N-dealkylation sites (tertiary alicyclic amines) is 2. The molecule has 6 heteroatoms.